The Morgan fingerprint density at radius 2 is 2.00 bits per heavy atom. The predicted molar refractivity (Wildman–Crippen MR) is 91.8 cm³/mol. The number of pyridine rings is 1. The summed E-state index contributed by atoms with van der Waals surface area (Å²) in [4.78, 5) is 30.1. The van der Waals surface area contributed by atoms with Gasteiger partial charge >= 0.3 is 0 Å². The molecule has 23 heavy (non-hydrogen) atoms. The number of hydrogen-bond donors (Lipinski definition) is 1. The first kappa shape index (κ1) is 15.9. The first-order valence-electron chi connectivity index (χ1n) is 8.05. The topological polar surface area (TPSA) is 59.1 Å². The number of nitrogens with one attached hydrogen (secondary N) is 1. The third-order valence-corrected chi connectivity index (χ3v) is 5.10. The van der Waals surface area contributed by atoms with E-state index in [1.54, 1.807) is 29.7 Å². The number of Topliss-reactive ketones (excluding diaryl/α,β-unsaturated/α-hetero) is 1. The average Bonchev–Trinajstić information content (AvgIpc) is 3.08. The normalized spacial score (nSPS) is 15.3. The molecule has 1 saturated carbocycles. The highest BCUT2D eigenvalue weighted by molar-refractivity contribution is 7.10. The van der Waals surface area contributed by atoms with Crippen molar-refractivity contribution in [2.75, 3.05) is 5.32 Å². The van der Waals surface area contributed by atoms with Crippen molar-refractivity contribution in [3.63, 3.8) is 0 Å². The fraction of sp³-hybridized carbons (Fsp3) is 0.389. The molecule has 0 atom stereocenters. The van der Waals surface area contributed by atoms with Crippen molar-refractivity contribution >= 4 is 28.8 Å². The molecule has 2 aromatic heterocycles. The number of nitrogens with zero attached hydrogens (tertiary/aromatic N) is 1. The van der Waals surface area contributed by atoms with Crippen LogP contribution in [0.3, 0.4) is 0 Å². The highest BCUT2D eigenvalue weighted by atomic mass is 32.1. The molecule has 5 heteroatoms. The lowest BCUT2D eigenvalue weighted by atomic mass is 9.84. The smallest absolute Gasteiger partial charge is 0.230 e. The van der Waals surface area contributed by atoms with Crippen molar-refractivity contribution in [1.29, 1.82) is 0 Å². The summed E-state index contributed by atoms with van der Waals surface area (Å²) in [6.45, 7) is 0. The zero-order chi connectivity index (χ0) is 16.1. The minimum atomic E-state index is -0.135. The molecule has 0 bridgehead atoms. The van der Waals surface area contributed by atoms with Crippen molar-refractivity contribution in [2.24, 2.45) is 5.92 Å². The Hall–Kier alpha value is -2.01. The summed E-state index contributed by atoms with van der Waals surface area (Å²) < 4.78 is 0. The molecule has 0 radical (unpaired) electrons. The monoisotopic (exact) mass is 328 g/mol. The van der Waals surface area contributed by atoms with Crippen molar-refractivity contribution in [2.45, 2.75) is 38.5 Å². The Balaban J connectivity index is 1.72. The van der Waals surface area contributed by atoms with E-state index in [0.717, 1.165) is 30.6 Å². The van der Waals surface area contributed by atoms with E-state index in [1.807, 2.05) is 17.5 Å². The molecule has 1 amide bonds. The summed E-state index contributed by atoms with van der Waals surface area (Å²) in [5, 5.41) is 4.75. The van der Waals surface area contributed by atoms with E-state index in [0.29, 0.717) is 17.8 Å². The van der Waals surface area contributed by atoms with Crippen molar-refractivity contribution in [3.05, 3.63) is 46.3 Å². The van der Waals surface area contributed by atoms with Crippen LogP contribution in [0.25, 0.3) is 0 Å². The number of aromatic nitrogens is 1. The van der Waals surface area contributed by atoms with Crippen molar-refractivity contribution in [1.82, 2.24) is 4.98 Å². The molecule has 0 saturated heterocycles. The second-order valence-electron chi connectivity index (χ2n) is 5.90. The van der Waals surface area contributed by atoms with Gasteiger partial charge in [0, 0.05) is 17.0 Å². The van der Waals surface area contributed by atoms with E-state index in [1.165, 1.54) is 6.42 Å². The van der Waals surface area contributed by atoms with Gasteiger partial charge in [-0.3, -0.25) is 9.59 Å². The summed E-state index contributed by atoms with van der Waals surface area (Å²) in [5.41, 5.74) is 0.541. The maximum Gasteiger partial charge on any atom is 0.230 e. The van der Waals surface area contributed by atoms with Gasteiger partial charge in [-0.15, -0.1) is 11.3 Å². The van der Waals surface area contributed by atoms with E-state index >= 15 is 0 Å². The Morgan fingerprint density at radius 1 is 1.17 bits per heavy atom. The van der Waals surface area contributed by atoms with Gasteiger partial charge in [-0.05, 0) is 36.4 Å². The van der Waals surface area contributed by atoms with Gasteiger partial charge in [-0.2, -0.15) is 0 Å². The Labute approximate surface area is 140 Å². The van der Waals surface area contributed by atoms with Crippen LogP contribution in [0.15, 0.2) is 35.8 Å². The van der Waals surface area contributed by atoms with Crippen LogP contribution in [-0.4, -0.2) is 16.7 Å². The summed E-state index contributed by atoms with van der Waals surface area (Å²) in [6.07, 6.45) is 7.23. The maximum atomic E-state index is 12.7. The molecular weight excluding hydrogens is 308 g/mol. The predicted octanol–water partition coefficient (Wildman–Crippen LogP) is 4.09. The van der Waals surface area contributed by atoms with Crippen LogP contribution in [0.2, 0.25) is 0 Å². The van der Waals surface area contributed by atoms with Crippen molar-refractivity contribution < 1.29 is 9.59 Å². The van der Waals surface area contributed by atoms with Gasteiger partial charge in [0.25, 0.3) is 0 Å². The molecule has 2 heterocycles. The lowest BCUT2D eigenvalue weighted by Crippen LogP contribution is -2.22. The Morgan fingerprint density at radius 3 is 2.74 bits per heavy atom. The second kappa shape index (κ2) is 7.51. The highest BCUT2D eigenvalue weighted by Gasteiger charge is 2.25. The molecule has 1 aliphatic carbocycles. The minimum Gasteiger partial charge on any atom is -0.310 e. The zero-order valence-electron chi connectivity index (χ0n) is 13.0. The minimum absolute atomic E-state index is 0.0703. The van der Waals surface area contributed by atoms with Crippen LogP contribution in [0, 0.1) is 5.92 Å². The largest absolute Gasteiger partial charge is 0.310 e. The second-order valence-corrected chi connectivity index (χ2v) is 6.94. The fourth-order valence-corrected chi connectivity index (χ4v) is 3.74. The van der Waals surface area contributed by atoms with E-state index in [9.17, 15) is 9.59 Å². The summed E-state index contributed by atoms with van der Waals surface area (Å²) >= 11 is 1.55. The van der Waals surface area contributed by atoms with E-state index in [4.69, 9.17) is 0 Å². The van der Waals surface area contributed by atoms with Gasteiger partial charge in [0.05, 0.1) is 12.0 Å². The first-order valence-corrected chi connectivity index (χ1v) is 8.93. The van der Waals surface area contributed by atoms with Gasteiger partial charge in [-0.1, -0.05) is 25.3 Å². The summed E-state index contributed by atoms with van der Waals surface area (Å²) in [7, 11) is 0. The van der Waals surface area contributed by atoms with Gasteiger partial charge in [0.1, 0.15) is 5.82 Å². The number of carbonyl (C=O) groups is 2. The van der Waals surface area contributed by atoms with Crippen LogP contribution in [0.1, 0.15) is 47.3 Å². The first-order chi connectivity index (χ1) is 11.2. The Bertz CT molecular complexity index is 676. The molecule has 0 aromatic carbocycles. The molecule has 1 N–H and O–H groups in total. The average molecular weight is 328 g/mol. The fourth-order valence-electron chi connectivity index (χ4n) is 3.04. The van der Waals surface area contributed by atoms with Gasteiger partial charge in [0.2, 0.25) is 5.91 Å². The lowest BCUT2D eigenvalue weighted by molar-refractivity contribution is -0.115. The van der Waals surface area contributed by atoms with Crippen LogP contribution < -0.4 is 5.32 Å². The SMILES string of the molecule is O=C(Cc1cccs1)Nc1ncccc1C(=O)C1CCCCC1. The number of carbonyl (C=O) groups excluding carboxylic acids is 2. The molecule has 0 unspecified atom stereocenters. The molecule has 3 rings (SSSR count). The standard InChI is InChI=1S/C18H20N2O2S/c21-16(12-14-8-5-11-23-14)20-18-15(9-4-10-19-18)17(22)13-6-2-1-3-7-13/h4-5,8-11,13H,1-3,6-7,12H2,(H,19,20,21). The third kappa shape index (κ3) is 4.05. The lowest BCUT2D eigenvalue weighted by Gasteiger charge is -2.21. The Kier molecular flexibility index (Phi) is 5.18. The number of rotatable bonds is 5. The quantitative estimate of drug-likeness (QED) is 0.841. The molecule has 0 spiro atoms. The molecule has 0 aliphatic heterocycles. The van der Waals surface area contributed by atoms with Gasteiger partial charge in [-0.25, -0.2) is 4.98 Å². The maximum absolute atomic E-state index is 12.7. The molecule has 1 aliphatic rings. The number of thiophene rings is 1. The van der Waals surface area contributed by atoms with Crippen molar-refractivity contribution in [3.8, 4) is 0 Å². The highest BCUT2D eigenvalue weighted by Crippen LogP contribution is 2.28. The summed E-state index contributed by atoms with van der Waals surface area (Å²) in [6, 6.07) is 7.37. The van der Waals surface area contributed by atoms with Crippen LogP contribution >= 0.6 is 11.3 Å². The molecule has 4 nitrogen and oxygen atoms in total. The number of anilines is 1. The van der Waals surface area contributed by atoms with Crippen LogP contribution in [0.4, 0.5) is 5.82 Å². The zero-order valence-corrected chi connectivity index (χ0v) is 13.8. The molecule has 120 valence electrons. The van der Waals surface area contributed by atoms with Crippen LogP contribution in [0.5, 0.6) is 0 Å². The number of ketones is 1. The molecular formula is C18H20N2O2S. The van der Waals surface area contributed by atoms with E-state index in [2.05, 4.69) is 10.3 Å². The number of hydrogen-bond acceptors (Lipinski definition) is 4. The summed E-state index contributed by atoms with van der Waals surface area (Å²) in [5.74, 6) is 0.443. The number of amides is 1. The van der Waals surface area contributed by atoms with Gasteiger partial charge < -0.3 is 5.32 Å². The third-order valence-electron chi connectivity index (χ3n) is 4.22. The van der Waals surface area contributed by atoms with Crippen LogP contribution in [-0.2, 0) is 11.2 Å². The molecule has 2 aromatic rings. The van der Waals surface area contributed by atoms with E-state index in [-0.39, 0.29) is 17.6 Å². The van der Waals surface area contributed by atoms with Gasteiger partial charge in [0.15, 0.2) is 5.78 Å². The van der Waals surface area contributed by atoms with E-state index < -0.39 is 0 Å². The molecule has 1 fully saturated rings.